The minimum atomic E-state index is -1.14. The van der Waals surface area contributed by atoms with Crippen molar-refractivity contribution in [3.63, 3.8) is 0 Å². The largest absolute Gasteiger partial charge is 0.376 e. The Bertz CT molecular complexity index is 204. The van der Waals surface area contributed by atoms with Gasteiger partial charge in [-0.3, -0.25) is 10.2 Å². The molecule has 0 bridgehead atoms. The van der Waals surface area contributed by atoms with Gasteiger partial charge in [0.2, 0.25) is 6.35 Å². The van der Waals surface area contributed by atoms with Crippen molar-refractivity contribution in [3.05, 3.63) is 0 Å². The second-order valence-corrected chi connectivity index (χ2v) is 1.89. The minimum absolute atomic E-state index is 0.248. The van der Waals surface area contributed by atoms with Crippen LogP contribution in [0.4, 0.5) is 0 Å². The highest BCUT2D eigenvalue weighted by Crippen LogP contribution is 2.05. The first kappa shape index (κ1) is 7.92. The van der Waals surface area contributed by atoms with E-state index in [4.69, 9.17) is 10.9 Å². The fraction of sp³-hybridized carbons (Fsp3) is 0.500. The third-order valence-corrected chi connectivity index (χ3v) is 1.11. The third kappa shape index (κ3) is 1.45. The van der Waals surface area contributed by atoms with Crippen molar-refractivity contribution in [1.82, 2.24) is 10.5 Å². The molecule has 0 aliphatic carbocycles. The van der Waals surface area contributed by atoms with Crippen molar-refractivity contribution in [1.29, 1.82) is 0 Å². The van der Waals surface area contributed by atoms with E-state index in [2.05, 4.69) is 9.83 Å². The second-order valence-electron chi connectivity index (χ2n) is 1.89. The van der Waals surface area contributed by atoms with Gasteiger partial charge in [0.15, 0.2) is 0 Å². The van der Waals surface area contributed by atoms with Crippen LogP contribution in [0.5, 0.6) is 0 Å². The zero-order chi connectivity index (χ0) is 8.43. The summed E-state index contributed by atoms with van der Waals surface area (Å²) in [5, 5.41) is 9.92. The lowest BCUT2D eigenvalue weighted by atomic mass is 10.6. The molecule has 0 aromatic rings. The smallest absolute Gasteiger partial charge is 0.322 e. The van der Waals surface area contributed by atoms with Gasteiger partial charge in [-0.2, -0.15) is 4.99 Å². The summed E-state index contributed by atoms with van der Waals surface area (Å²) in [5.41, 5.74) is 1.82. The van der Waals surface area contributed by atoms with Crippen LogP contribution in [0.15, 0.2) is 4.99 Å². The number of amides is 1. The number of hydrogen-bond donors (Lipinski definition) is 3. The maximum absolute atomic E-state index is 10.7. The van der Waals surface area contributed by atoms with Crippen LogP contribution in [0.2, 0.25) is 0 Å². The van der Waals surface area contributed by atoms with Crippen LogP contribution in [0.3, 0.4) is 0 Å². The highest BCUT2D eigenvalue weighted by molar-refractivity contribution is 6.35. The molecule has 0 saturated carbocycles. The molecular weight excluding hydrogens is 152 g/mol. The Morgan fingerprint density at radius 3 is 3.00 bits per heavy atom. The SMILES string of the molecule is CN1OC(C(=O)NN)=NC1O. The molecule has 1 aliphatic rings. The Balaban J connectivity index is 2.63. The topological polar surface area (TPSA) is 100 Å². The molecule has 62 valence electrons. The van der Waals surface area contributed by atoms with Crippen molar-refractivity contribution in [2.75, 3.05) is 7.05 Å². The van der Waals surface area contributed by atoms with Gasteiger partial charge in [0, 0.05) is 7.05 Å². The summed E-state index contributed by atoms with van der Waals surface area (Å²) in [6.07, 6.45) is -1.14. The zero-order valence-electron chi connectivity index (χ0n) is 5.81. The van der Waals surface area contributed by atoms with Crippen molar-refractivity contribution in [2.24, 2.45) is 10.8 Å². The predicted octanol–water partition coefficient (Wildman–Crippen LogP) is -2.47. The molecule has 0 aromatic heterocycles. The van der Waals surface area contributed by atoms with Crippen LogP contribution in [0.25, 0.3) is 0 Å². The van der Waals surface area contributed by atoms with Crippen LogP contribution in [0.1, 0.15) is 0 Å². The molecule has 7 nitrogen and oxygen atoms in total. The molecule has 0 saturated heterocycles. The molecule has 1 heterocycles. The van der Waals surface area contributed by atoms with E-state index < -0.39 is 12.3 Å². The number of aliphatic hydroxyl groups excluding tert-OH is 1. The Morgan fingerprint density at radius 1 is 2.00 bits per heavy atom. The Kier molecular flexibility index (Phi) is 2.03. The van der Waals surface area contributed by atoms with E-state index in [-0.39, 0.29) is 5.90 Å². The first-order valence-electron chi connectivity index (χ1n) is 2.82. The number of aliphatic hydroxyl groups is 1. The number of hydroxylamine groups is 2. The lowest BCUT2D eigenvalue weighted by Crippen LogP contribution is -2.37. The molecule has 4 N–H and O–H groups in total. The fourth-order valence-corrected chi connectivity index (χ4v) is 0.555. The lowest BCUT2D eigenvalue weighted by molar-refractivity contribution is -0.139. The van der Waals surface area contributed by atoms with Crippen LogP contribution in [-0.2, 0) is 9.63 Å². The summed E-state index contributed by atoms with van der Waals surface area (Å²) in [5.74, 6) is 3.86. The molecule has 1 rings (SSSR count). The van der Waals surface area contributed by atoms with Crippen LogP contribution < -0.4 is 11.3 Å². The molecule has 0 spiro atoms. The summed E-state index contributed by atoms with van der Waals surface area (Å²) in [7, 11) is 1.44. The van der Waals surface area contributed by atoms with Gasteiger partial charge in [-0.1, -0.05) is 5.06 Å². The summed E-state index contributed by atoms with van der Waals surface area (Å²) in [6.45, 7) is 0. The Morgan fingerprint density at radius 2 is 2.64 bits per heavy atom. The molecular formula is C4H8N4O3. The molecule has 1 aliphatic heterocycles. The number of carbonyl (C=O) groups is 1. The Labute approximate surface area is 62.4 Å². The fourth-order valence-electron chi connectivity index (χ4n) is 0.555. The van der Waals surface area contributed by atoms with Gasteiger partial charge in [-0.25, -0.2) is 5.84 Å². The van der Waals surface area contributed by atoms with Gasteiger partial charge >= 0.3 is 11.8 Å². The number of aliphatic imine (C=N–C) groups is 1. The van der Waals surface area contributed by atoms with Crippen molar-refractivity contribution in [3.8, 4) is 0 Å². The first-order chi connectivity index (χ1) is 5.15. The van der Waals surface area contributed by atoms with Gasteiger partial charge in [-0.15, -0.1) is 0 Å². The third-order valence-electron chi connectivity index (χ3n) is 1.11. The molecule has 0 fully saturated rings. The van der Waals surface area contributed by atoms with Crippen molar-refractivity contribution >= 4 is 11.8 Å². The normalized spacial score (nSPS) is 24.3. The van der Waals surface area contributed by atoms with E-state index in [1.165, 1.54) is 7.05 Å². The minimum Gasteiger partial charge on any atom is -0.376 e. The van der Waals surface area contributed by atoms with Crippen molar-refractivity contribution < 1.29 is 14.7 Å². The van der Waals surface area contributed by atoms with Gasteiger partial charge in [0.25, 0.3) is 0 Å². The van der Waals surface area contributed by atoms with Crippen LogP contribution in [0, 0.1) is 0 Å². The van der Waals surface area contributed by atoms with E-state index >= 15 is 0 Å². The first-order valence-corrected chi connectivity index (χ1v) is 2.82. The van der Waals surface area contributed by atoms with Crippen molar-refractivity contribution in [2.45, 2.75) is 6.35 Å². The highest BCUT2D eigenvalue weighted by Gasteiger charge is 2.27. The van der Waals surface area contributed by atoms with Crippen LogP contribution in [-0.4, -0.2) is 35.4 Å². The van der Waals surface area contributed by atoms with Gasteiger partial charge in [0.05, 0.1) is 0 Å². The number of hydrazine groups is 1. The average Bonchev–Trinajstić information content (AvgIpc) is 2.31. The molecule has 7 heteroatoms. The highest BCUT2D eigenvalue weighted by atomic mass is 16.7. The van der Waals surface area contributed by atoms with Gasteiger partial charge in [0.1, 0.15) is 0 Å². The number of nitrogens with zero attached hydrogens (tertiary/aromatic N) is 2. The van der Waals surface area contributed by atoms with E-state index in [1.54, 1.807) is 0 Å². The quantitative estimate of drug-likeness (QED) is 0.224. The van der Waals surface area contributed by atoms with Crippen LogP contribution >= 0.6 is 0 Å². The maximum Gasteiger partial charge on any atom is 0.322 e. The number of rotatable bonds is 1. The summed E-state index contributed by atoms with van der Waals surface area (Å²) in [6, 6.07) is 0. The van der Waals surface area contributed by atoms with E-state index in [9.17, 15) is 4.79 Å². The van der Waals surface area contributed by atoms with E-state index in [0.717, 1.165) is 5.06 Å². The molecule has 1 amide bonds. The van der Waals surface area contributed by atoms with E-state index in [0.29, 0.717) is 0 Å². The zero-order valence-corrected chi connectivity index (χ0v) is 5.81. The van der Waals surface area contributed by atoms with Gasteiger partial charge < -0.3 is 9.94 Å². The summed E-state index contributed by atoms with van der Waals surface area (Å²) < 4.78 is 0. The molecule has 1 unspecified atom stereocenters. The number of nitrogens with two attached hydrogens (primary N) is 1. The van der Waals surface area contributed by atoms with E-state index in [1.807, 2.05) is 5.43 Å². The number of carbonyl (C=O) groups excluding carboxylic acids is 1. The summed E-state index contributed by atoms with van der Waals surface area (Å²) in [4.78, 5) is 18.8. The standard InChI is InChI=1S/C4H8N4O3/c1-8-4(10)6-3(11-8)2(9)7-5/h4,10H,5H2,1H3,(H,7,9). The average molecular weight is 160 g/mol. The predicted molar refractivity (Wildman–Crippen MR) is 34.6 cm³/mol. The molecule has 1 atom stereocenters. The lowest BCUT2D eigenvalue weighted by Gasteiger charge is -2.09. The summed E-state index contributed by atoms with van der Waals surface area (Å²) >= 11 is 0. The molecule has 0 aromatic carbocycles. The van der Waals surface area contributed by atoms with Gasteiger partial charge in [-0.05, 0) is 0 Å². The second kappa shape index (κ2) is 2.82. The maximum atomic E-state index is 10.7. The molecule has 11 heavy (non-hydrogen) atoms. The monoisotopic (exact) mass is 160 g/mol. The molecule has 0 radical (unpaired) electrons. The number of nitrogens with one attached hydrogen (secondary N) is 1. The Hall–Kier alpha value is -1.18. The number of hydrogen-bond acceptors (Lipinski definition) is 6.